The van der Waals surface area contributed by atoms with Crippen molar-refractivity contribution in [3.63, 3.8) is 0 Å². The first-order valence-corrected chi connectivity index (χ1v) is 8.92. The second-order valence-corrected chi connectivity index (χ2v) is 7.04. The van der Waals surface area contributed by atoms with E-state index in [0.29, 0.717) is 32.4 Å². The number of aromatic nitrogens is 2. The third kappa shape index (κ3) is 4.70. The van der Waals surface area contributed by atoms with Gasteiger partial charge in [-0.2, -0.15) is 13.2 Å². The Kier molecular flexibility index (Phi) is 5.42. The van der Waals surface area contributed by atoms with E-state index >= 15 is 0 Å². The molecule has 0 aromatic carbocycles. The van der Waals surface area contributed by atoms with Crippen LogP contribution in [-0.2, 0) is 12.7 Å². The van der Waals surface area contributed by atoms with Gasteiger partial charge in [-0.25, -0.2) is 14.8 Å². The maximum Gasteiger partial charge on any atom is 0.417 e. The number of amides is 2. The van der Waals surface area contributed by atoms with Gasteiger partial charge in [-0.15, -0.1) is 11.3 Å². The normalized spacial score (nSPS) is 15.9. The lowest BCUT2D eigenvalue weighted by molar-refractivity contribution is -0.137. The van der Waals surface area contributed by atoms with Gasteiger partial charge in [0.25, 0.3) is 0 Å². The van der Waals surface area contributed by atoms with Crippen molar-refractivity contribution in [2.24, 2.45) is 0 Å². The Labute approximate surface area is 152 Å². The van der Waals surface area contributed by atoms with E-state index in [1.54, 1.807) is 16.2 Å². The van der Waals surface area contributed by atoms with Crippen molar-refractivity contribution in [2.45, 2.75) is 19.6 Å². The largest absolute Gasteiger partial charge is 0.417 e. The Hall–Kier alpha value is -2.20. The fraction of sp³-hybridized carbons (Fsp3) is 0.438. The summed E-state index contributed by atoms with van der Waals surface area (Å²) in [6.07, 6.45) is -3.73. The highest BCUT2D eigenvalue weighted by molar-refractivity contribution is 7.09. The highest BCUT2D eigenvalue weighted by atomic mass is 32.1. The van der Waals surface area contributed by atoms with Gasteiger partial charge in [-0.05, 0) is 19.1 Å². The van der Waals surface area contributed by atoms with Gasteiger partial charge >= 0.3 is 12.2 Å². The summed E-state index contributed by atoms with van der Waals surface area (Å²) in [6, 6.07) is 1.69. The molecule has 10 heteroatoms. The van der Waals surface area contributed by atoms with Crippen LogP contribution in [0.1, 0.15) is 16.3 Å². The molecule has 0 radical (unpaired) electrons. The average molecular weight is 385 g/mol. The molecule has 0 unspecified atom stereocenters. The van der Waals surface area contributed by atoms with Crippen molar-refractivity contribution in [1.29, 1.82) is 0 Å². The smallest absolute Gasteiger partial charge is 0.322 e. The number of nitrogens with one attached hydrogen (secondary N) is 1. The lowest BCUT2D eigenvalue weighted by Crippen LogP contribution is -2.49. The SMILES string of the molecule is Cc1nc(CN2CCN(C(=O)Nc3ccc(C(F)(F)F)cn3)CC2)cs1. The van der Waals surface area contributed by atoms with Crippen LogP contribution in [0, 0.1) is 6.92 Å². The molecule has 3 heterocycles. The van der Waals surface area contributed by atoms with E-state index in [0.717, 1.165) is 29.4 Å². The Morgan fingerprint density at radius 2 is 2.00 bits per heavy atom. The molecule has 1 fully saturated rings. The Morgan fingerprint density at radius 3 is 2.54 bits per heavy atom. The van der Waals surface area contributed by atoms with Crippen molar-refractivity contribution >= 4 is 23.2 Å². The summed E-state index contributed by atoms with van der Waals surface area (Å²) in [4.78, 5) is 24.2. The van der Waals surface area contributed by atoms with Crippen LogP contribution < -0.4 is 5.32 Å². The highest BCUT2D eigenvalue weighted by Gasteiger charge is 2.30. The number of hydrogen-bond acceptors (Lipinski definition) is 5. The third-order valence-electron chi connectivity index (χ3n) is 4.04. The molecule has 26 heavy (non-hydrogen) atoms. The number of urea groups is 1. The number of rotatable bonds is 3. The molecule has 0 bridgehead atoms. The van der Waals surface area contributed by atoms with Gasteiger partial charge < -0.3 is 4.90 Å². The number of carbonyl (C=O) groups excluding carboxylic acids is 1. The minimum atomic E-state index is -4.44. The van der Waals surface area contributed by atoms with E-state index in [9.17, 15) is 18.0 Å². The summed E-state index contributed by atoms with van der Waals surface area (Å²) in [6.45, 7) is 5.21. The molecule has 2 aromatic heterocycles. The second-order valence-electron chi connectivity index (χ2n) is 5.98. The van der Waals surface area contributed by atoms with Crippen LogP contribution in [0.15, 0.2) is 23.7 Å². The lowest BCUT2D eigenvalue weighted by Gasteiger charge is -2.34. The van der Waals surface area contributed by atoms with Gasteiger partial charge in [-0.3, -0.25) is 10.2 Å². The van der Waals surface area contributed by atoms with Crippen LogP contribution in [0.25, 0.3) is 0 Å². The number of carbonyl (C=O) groups is 1. The number of hydrogen-bond donors (Lipinski definition) is 1. The number of aryl methyl sites for hydroxylation is 1. The van der Waals surface area contributed by atoms with Gasteiger partial charge in [0, 0.05) is 44.3 Å². The van der Waals surface area contributed by atoms with Crippen molar-refractivity contribution in [3.05, 3.63) is 40.0 Å². The first kappa shape index (κ1) is 18.6. The quantitative estimate of drug-likeness (QED) is 0.881. The fourth-order valence-electron chi connectivity index (χ4n) is 2.64. The molecular formula is C16H18F3N5OS. The summed E-state index contributed by atoms with van der Waals surface area (Å²) in [5.41, 5.74) is 0.181. The van der Waals surface area contributed by atoms with E-state index in [2.05, 4.69) is 20.2 Å². The first-order chi connectivity index (χ1) is 12.3. The van der Waals surface area contributed by atoms with Crippen LogP contribution in [0.5, 0.6) is 0 Å². The van der Waals surface area contributed by atoms with E-state index in [-0.39, 0.29) is 11.8 Å². The number of anilines is 1. The number of thiazole rings is 1. The Balaban J connectivity index is 1.49. The zero-order valence-electron chi connectivity index (χ0n) is 14.1. The fourth-order valence-corrected chi connectivity index (χ4v) is 3.25. The van der Waals surface area contributed by atoms with E-state index in [4.69, 9.17) is 0 Å². The summed E-state index contributed by atoms with van der Waals surface area (Å²) >= 11 is 1.61. The molecule has 1 N–H and O–H groups in total. The maximum atomic E-state index is 12.5. The predicted molar refractivity (Wildman–Crippen MR) is 92.0 cm³/mol. The highest BCUT2D eigenvalue weighted by Crippen LogP contribution is 2.28. The number of nitrogens with zero attached hydrogens (tertiary/aromatic N) is 4. The topological polar surface area (TPSA) is 61.4 Å². The van der Waals surface area contributed by atoms with Crippen molar-refractivity contribution in [3.8, 4) is 0 Å². The van der Waals surface area contributed by atoms with Crippen LogP contribution >= 0.6 is 11.3 Å². The zero-order valence-corrected chi connectivity index (χ0v) is 14.9. The van der Waals surface area contributed by atoms with Crippen molar-refractivity contribution in [1.82, 2.24) is 19.8 Å². The summed E-state index contributed by atoms with van der Waals surface area (Å²) < 4.78 is 37.6. The van der Waals surface area contributed by atoms with E-state index in [1.807, 2.05) is 12.3 Å². The molecule has 1 aliphatic rings. The minimum Gasteiger partial charge on any atom is -0.322 e. The first-order valence-electron chi connectivity index (χ1n) is 8.04. The molecule has 2 amide bonds. The monoisotopic (exact) mass is 385 g/mol. The summed E-state index contributed by atoms with van der Waals surface area (Å²) in [5, 5.41) is 5.60. The van der Waals surface area contributed by atoms with Gasteiger partial charge in [0.15, 0.2) is 0 Å². The van der Waals surface area contributed by atoms with E-state index in [1.165, 1.54) is 0 Å². The molecule has 2 aromatic rings. The maximum absolute atomic E-state index is 12.5. The van der Waals surface area contributed by atoms with Crippen LogP contribution in [0.4, 0.5) is 23.8 Å². The molecule has 0 atom stereocenters. The van der Waals surface area contributed by atoms with Crippen molar-refractivity contribution in [2.75, 3.05) is 31.5 Å². The molecular weight excluding hydrogens is 367 g/mol. The van der Waals surface area contributed by atoms with Gasteiger partial charge in [0.05, 0.1) is 16.3 Å². The number of halogens is 3. The lowest BCUT2D eigenvalue weighted by atomic mass is 10.3. The second kappa shape index (κ2) is 7.58. The average Bonchev–Trinajstić information content (AvgIpc) is 3.00. The van der Waals surface area contributed by atoms with Crippen molar-refractivity contribution < 1.29 is 18.0 Å². The Morgan fingerprint density at radius 1 is 1.27 bits per heavy atom. The standard InChI is InChI=1S/C16H18F3N5OS/c1-11-21-13(10-26-11)9-23-4-6-24(7-5-23)15(25)22-14-3-2-12(8-20-14)16(17,18)19/h2-3,8,10H,4-7,9H2,1H3,(H,20,22,25). The Bertz CT molecular complexity index is 754. The molecule has 0 spiro atoms. The zero-order chi connectivity index (χ0) is 18.7. The minimum absolute atomic E-state index is 0.100. The summed E-state index contributed by atoms with van der Waals surface area (Å²) in [5.74, 6) is 0.100. The molecule has 1 aliphatic heterocycles. The van der Waals surface area contributed by atoms with Gasteiger partial charge in [0.2, 0.25) is 0 Å². The van der Waals surface area contributed by atoms with Crippen LogP contribution in [0.3, 0.4) is 0 Å². The molecule has 3 rings (SSSR count). The molecule has 1 saturated heterocycles. The molecule has 6 nitrogen and oxygen atoms in total. The third-order valence-corrected chi connectivity index (χ3v) is 4.86. The van der Waals surface area contributed by atoms with Crippen LogP contribution in [0.2, 0.25) is 0 Å². The molecule has 0 saturated carbocycles. The number of piperazine rings is 1. The molecule has 0 aliphatic carbocycles. The van der Waals surface area contributed by atoms with Crippen LogP contribution in [-0.4, -0.2) is 52.0 Å². The molecule has 140 valence electrons. The number of pyridine rings is 1. The van der Waals surface area contributed by atoms with E-state index < -0.39 is 11.7 Å². The van der Waals surface area contributed by atoms with Gasteiger partial charge in [-0.1, -0.05) is 0 Å². The number of alkyl halides is 3. The summed E-state index contributed by atoms with van der Waals surface area (Å²) in [7, 11) is 0. The predicted octanol–water partition coefficient (Wildman–Crippen LogP) is 3.22. The van der Waals surface area contributed by atoms with Gasteiger partial charge in [0.1, 0.15) is 5.82 Å².